The van der Waals surface area contributed by atoms with Gasteiger partial charge in [-0.25, -0.2) is 0 Å². The fourth-order valence-corrected chi connectivity index (χ4v) is 3.33. The van der Waals surface area contributed by atoms with Crippen LogP contribution in [0.1, 0.15) is 41.3 Å². The lowest BCUT2D eigenvalue weighted by atomic mass is 9.95. The van der Waals surface area contributed by atoms with Gasteiger partial charge in [-0.1, -0.05) is 36.4 Å². The average Bonchev–Trinajstić information content (AvgIpc) is 2.77. The number of non-ortho nitro benzene ring substituents is 1. The molecule has 0 aliphatic carbocycles. The summed E-state index contributed by atoms with van der Waals surface area (Å²) in [7, 11) is 1.54. The van der Waals surface area contributed by atoms with Crippen LogP contribution in [0.4, 0.5) is 18.9 Å². The Morgan fingerprint density at radius 2 is 1.58 bits per heavy atom. The van der Waals surface area contributed by atoms with Gasteiger partial charge < -0.3 is 4.74 Å². The number of ether oxygens (including phenoxy) is 1. The molecule has 5 nitrogen and oxygen atoms in total. The molecule has 0 bridgehead atoms. The van der Waals surface area contributed by atoms with Crippen molar-refractivity contribution >= 4 is 5.69 Å². The monoisotopic (exact) mass is 430 g/mol. The number of nitrogens with zero attached hydrogens (tertiary/aromatic N) is 1. The fraction of sp³-hybridized carbons (Fsp3) is 0.217. The molecule has 0 amide bonds. The van der Waals surface area contributed by atoms with Gasteiger partial charge in [-0.15, -0.1) is 0 Å². The quantitative estimate of drug-likeness (QED) is 0.365. The second kappa shape index (κ2) is 9.18. The molecule has 0 aromatic heterocycles. The fourth-order valence-electron chi connectivity index (χ4n) is 3.33. The molecule has 0 fully saturated rings. The summed E-state index contributed by atoms with van der Waals surface area (Å²) in [5, 5.41) is 14.6. The highest BCUT2D eigenvalue weighted by atomic mass is 19.4. The zero-order chi connectivity index (χ0) is 22.6. The number of halogens is 3. The van der Waals surface area contributed by atoms with Crippen molar-refractivity contribution in [2.45, 2.75) is 25.2 Å². The zero-order valence-corrected chi connectivity index (χ0v) is 16.9. The third-order valence-corrected chi connectivity index (χ3v) is 4.99. The van der Waals surface area contributed by atoms with Crippen molar-refractivity contribution in [3.8, 4) is 5.75 Å². The molecule has 3 aromatic carbocycles. The summed E-state index contributed by atoms with van der Waals surface area (Å²) in [6.45, 7) is 1.75. The molecule has 0 saturated carbocycles. The third kappa shape index (κ3) is 5.40. The van der Waals surface area contributed by atoms with Gasteiger partial charge in [0.25, 0.3) is 5.69 Å². The van der Waals surface area contributed by atoms with Crippen LogP contribution in [0.25, 0.3) is 0 Å². The summed E-state index contributed by atoms with van der Waals surface area (Å²) in [4.78, 5) is 10.8. The van der Waals surface area contributed by atoms with Gasteiger partial charge in [0.05, 0.1) is 23.6 Å². The summed E-state index contributed by atoms with van der Waals surface area (Å²) in [6.07, 6.45) is -4.44. The van der Waals surface area contributed by atoms with Gasteiger partial charge in [0.1, 0.15) is 5.75 Å². The van der Waals surface area contributed by atoms with E-state index in [2.05, 4.69) is 5.32 Å². The zero-order valence-electron chi connectivity index (χ0n) is 16.9. The predicted molar refractivity (Wildman–Crippen MR) is 111 cm³/mol. The van der Waals surface area contributed by atoms with Gasteiger partial charge in [0, 0.05) is 18.2 Å². The maximum absolute atomic E-state index is 13.1. The van der Waals surface area contributed by atoms with Crippen LogP contribution in [0, 0.1) is 10.1 Å². The first-order chi connectivity index (χ1) is 14.7. The lowest BCUT2D eigenvalue weighted by Gasteiger charge is -2.25. The molecule has 1 N–H and O–H groups in total. The van der Waals surface area contributed by atoms with E-state index in [1.54, 1.807) is 44.4 Å². The topological polar surface area (TPSA) is 64.4 Å². The second-order valence-electron chi connectivity index (χ2n) is 7.07. The van der Waals surface area contributed by atoms with Gasteiger partial charge >= 0.3 is 6.18 Å². The van der Waals surface area contributed by atoms with Crippen molar-refractivity contribution < 1.29 is 22.8 Å². The predicted octanol–water partition coefficient (Wildman–Crippen LogP) is 6.06. The Balaban J connectivity index is 1.98. The van der Waals surface area contributed by atoms with Crippen molar-refractivity contribution in [2.75, 3.05) is 7.11 Å². The highest BCUT2D eigenvalue weighted by Gasteiger charge is 2.31. The molecule has 0 aliphatic rings. The van der Waals surface area contributed by atoms with Gasteiger partial charge in [-0.05, 0) is 47.9 Å². The number of benzene rings is 3. The maximum atomic E-state index is 13.1. The van der Waals surface area contributed by atoms with Crippen LogP contribution in [0.2, 0.25) is 0 Å². The van der Waals surface area contributed by atoms with Crippen LogP contribution in [0.3, 0.4) is 0 Å². The Bertz CT molecular complexity index is 1050. The van der Waals surface area contributed by atoms with Gasteiger partial charge in [-0.2, -0.15) is 13.2 Å². The number of nitro groups is 1. The highest BCUT2D eigenvalue weighted by Crippen LogP contribution is 2.33. The van der Waals surface area contributed by atoms with E-state index in [4.69, 9.17) is 4.74 Å². The van der Waals surface area contributed by atoms with Crippen LogP contribution in [-0.2, 0) is 6.18 Å². The first-order valence-corrected chi connectivity index (χ1v) is 9.50. The number of hydrogen-bond donors (Lipinski definition) is 1. The summed E-state index contributed by atoms with van der Waals surface area (Å²) in [5.41, 5.74) is 1.08. The Kier molecular flexibility index (Phi) is 6.60. The van der Waals surface area contributed by atoms with E-state index < -0.39 is 28.7 Å². The van der Waals surface area contributed by atoms with E-state index >= 15 is 0 Å². The van der Waals surface area contributed by atoms with Crippen LogP contribution in [0.5, 0.6) is 5.75 Å². The van der Waals surface area contributed by atoms with Crippen molar-refractivity contribution in [1.29, 1.82) is 0 Å². The largest absolute Gasteiger partial charge is 0.497 e. The molecule has 0 aliphatic heterocycles. The molecule has 3 rings (SSSR count). The standard InChI is InChI=1S/C23H21F3N2O3/c1-15(17-5-3-7-19(13-17)23(24,25)26)27-22(16-9-11-21(31-2)12-10-16)18-6-4-8-20(14-18)28(29)30/h3-15,22,27H,1-2H3. The van der Waals surface area contributed by atoms with Crippen LogP contribution < -0.4 is 10.1 Å². The van der Waals surface area contributed by atoms with E-state index in [0.29, 0.717) is 16.9 Å². The average molecular weight is 430 g/mol. The van der Waals surface area contributed by atoms with Gasteiger partial charge in [0.2, 0.25) is 0 Å². The molecule has 0 heterocycles. The SMILES string of the molecule is COc1ccc(C(NC(C)c2cccc(C(F)(F)F)c2)c2cccc([N+](=O)[O-])c2)cc1. The third-order valence-electron chi connectivity index (χ3n) is 4.99. The van der Waals surface area contributed by atoms with Gasteiger partial charge in [0.15, 0.2) is 0 Å². The van der Waals surface area contributed by atoms with E-state index in [1.165, 1.54) is 18.2 Å². The number of rotatable bonds is 7. The molecule has 162 valence electrons. The molecule has 8 heteroatoms. The first-order valence-electron chi connectivity index (χ1n) is 9.50. The second-order valence-corrected chi connectivity index (χ2v) is 7.07. The number of nitro benzene ring substituents is 1. The molecule has 0 saturated heterocycles. The summed E-state index contributed by atoms with van der Waals surface area (Å²) in [5.74, 6) is 0.646. The minimum absolute atomic E-state index is 0.0652. The number of hydrogen-bond acceptors (Lipinski definition) is 4. The number of methoxy groups -OCH3 is 1. The van der Waals surface area contributed by atoms with E-state index in [1.807, 2.05) is 12.1 Å². The van der Waals surface area contributed by atoms with Crippen molar-refractivity contribution in [3.63, 3.8) is 0 Å². The molecular weight excluding hydrogens is 409 g/mol. The molecule has 3 aromatic rings. The smallest absolute Gasteiger partial charge is 0.416 e. The molecule has 2 unspecified atom stereocenters. The lowest BCUT2D eigenvalue weighted by Crippen LogP contribution is -2.26. The minimum Gasteiger partial charge on any atom is -0.497 e. The van der Waals surface area contributed by atoms with Crippen LogP contribution >= 0.6 is 0 Å². The molecular formula is C23H21F3N2O3. The number of nitrogens with one attached hydrogen (secondary N) is 1. The van der Waals surface area contributed by atoms with E-state index in [-0.39, 0.29) is 5.69 Å². The summed E-state index contributed by atoms with van der Waals surface area (Å²) >= 11 is 0. The van der Waals surface area contributed by atoms with Crippen molar-refractivity contribution in [3.05, 3.63) is 105 Å². The summed E-state index contributed by atoms with van der Waals surface area (Å²) in [6, 6.07) is 17.5. The molecule has 2 atom stereocenters. The first kappa shape index (κ1) is 22.3. The Labute approximate surface area is 177 Å². The normalized spacial score (nSPS) is 13.5. The molecule has 31 heavy (non-hydrogen) atoms. The van der Waals surface area contributed by atoms with E-state index in [0.717, 1.165) is 17.7 Å². The van der Waals surface area contributed by atoms with Crippen LogP contribution in [-0.4, -0.2) is 12.0 Å². The highest BCUT2D eigenvalue weighted by molar-refractivity contribution is 5.41. The molecule has 0 radical (unpaired) electrons. The van der Waals surface area contributed by atoms with Crippen LogP contribution in [0.15, 0.2) is 72.8 Å². The Hall–Kier alpha value is -3.39. The van der Waals surface area contributed by atoms with Crippen molar-refractivity contribution in [2.24, 2.45) is 0 Å². The van der Waals surface area contributed by atoms with E-state index in [9.17, 15) is 23.3 Å². The maximum Gasteiger partial charge on any atom is 0.416 e. The Morgan fingerprint density at radius 3 is 2.19 bits per heavy atom. The Morgan fingerprint density at radius 1 is 0.935 bits per heavy atom. The number of alkyl halides is 3. The lowest BCUT2D eigenvalue weighted by molar-refractivity contribution is -0.384. The van der Waals surface area contributed by atoms with Crippen molar-refractivity contribution in [1.82, 2.24) is 5.32 Å². The van der Waals surface area contributed by atoms with Gasteiger partial charge in [-0.3, -0.25) is 15.4 Å². The minimum atomic E-state index is -4.44. The summed E-state index contributed by atoms with van der Waals surface area (Å²) < 4.78 is 44.5. The molecule has 0 spiro atoms.